The fourth-order valence-corrected chi connectivity index (χ4v) is 2.87. The highest BCUT2D eigenvalue weighted by atomic mass is 15.2. The predicted octanol–water partition coefficient (Wildman–Crippen LogP) is 4.67. The summed E-state index contributed by atoms with van der Waals surface area (Å²) in [6.07, 6.45) is 7.91. The van der Waals surface area contributed by atoms with Crippen LogP contribution in [0.2, 0.25) is 0 Å². The van der Waals surface area contributed by atoms with Gasteiger partial charge in [0.1, 0.15) is 0 Å². The van der Waals surface area contributed by atoms with Crippen LogP contribution in [0.25, 0.3) is 0 Å². The van der Waals surface area contributed by atoms with E-state index in [1.165, 1.54) is 63.0 Å². The first-order chi connectivity index (χ1) is 9.31. The summed E-state index contributed by atoms with van der Waals surface area (Å²) < 4.78 is 0. The molecule has 1 fully saturated rings. The van der Waals surface area contributed by atoms with E-state index in [0.29, 0.717) is 6.04 Å². The second kappa shape index (κ2) is 7.42. The summed E-state index contributed by atoms with van der Waals surface area (Å²) >= 11 is 0. The molecule has 19 heavy (non-hydrogen) atoms. The Morgan fingerprint density at radius 3 is 2.63 bits per heavy atom. The molecule has 0 amide bonds. The van der Waals surface area contributed by atoms with Crippen LogP contribution in [0.3, 0.4) is 0 Å². The van der Waals surface area contributed by atoms with Gasteiger partial charge in [0, 0.05) is 19.1 Å². The molecule has 0 aliphatic carbocycles. The van der Waals surface area contributed by atoms with Crippen LogP contribution in [0.4, 0.5) is 11.4 Å². The first-order valence-corrected chi connectivity index (χ1v) is 7.91. The van der Waals surface area contributed by atoms with Gasteiger partial charge in [-0.2, -0.15) is 0 Å². The Hall–Kier alpha value is -1.18. The van der Waals surface area contributed by atoms with Crippen molar-refractivity contribution in [2.24, 2.45) is 0 Å². The van der Waals surface area contributed by atoms with E-state index in [1.807, 2.05) is 0 Å². The average molecular weight is 260 g/mol. The lowest BCUT2D eigenvalue weighted by molar-refractivity contribution is 0.615. The maximum Gasteiger partial charge on any atom is 0.0602 e. The molecular formula is C17H28N2. The molecule has 0 saturated carbocycles. The zero-order chi connectivity index (χ0) is 13.5. The highest BCUT2D eigenvalue weighted by Gasteiger charge is 2.15. The summed E-state index contributed by atoms with van der Waals surface area (Å²) in [7, 11) is 0. The Morgan fingerprint density at radius 1 is 1.16 bits per heavy atom. The van der Waals surface area contributed by atoms with Gasteiger partial charge in [0.05, 0.1) is 11.4 Å². The molecule has 0 spiro atoms. The van der Waals surface area contributed by atoms with Crippen molar-refractivity contribution >= 4 is 11.4 Å². The Labute approximate surface area is 118 Å². The maximum atomic E-state index is 3.70. The van der Waals surface area contributed by atoms with Crippen molar-refractivity contribution in [2.45, 2.75) is 58.4 Å². The van der Waals surface area contributed by atoms with Crippen molar-refractivity contribution in [1.82, 2.24) is 0 Å². The molecule has 1 aromatic carbocycles. The number of hydrogen-bond acceptors (Lipinski definition) is 2. The van der Waals surface area contributed by atoms with Gasteiger partial charge in [-0.05, 0) is 38.3 Å². The minimum absolute atomic E-state index is 0.565. The van der Waals surface area contributed by atoms with Crippen molar-refractivity contribution < 1.29 is 0 Å². The molecule has 1 atom stereocenters. The zero-order valence-corrected chi connectivity index (χ0v) is 12.5. The number of nitrogens with one attached hydrogen (secondary N) is 1. The summed E-state index contributed by atoms with van der Waals surface area (Å²) in [5.74, 6) is 0. The summed E-state index contributed by atoms with van der Waals surface area (Å²) in [5.41, 5.74) is 2.70. The van der Waals surface area contributed by atoms with Gasteiger partial charge in [-0.25, -0.2) is 0 Å². The number of unbranched alkanes of at least 4 members (excludes halogenated alkanes) is 2. The van der Waals surface area contributed by atoms with Crippen LogP contribution in [0.15, 0.2) is 24.3 Å². The minimum Gasteiger partial charge on any atom is -0.381 e. The number of rotatable bonds is 7. The van der Waals surface area contributed by atoms with E-state index in [2.05, 4.69) is 48.3 Å². The largest absolute Gasteiger partial charge is 0.381 e. The van der Waals surface area contributed by atoms with Crippen molar-refractivity contribution in [1.29, 1.82) is 0 Å². The molecule has 0 bridgehead atoms. The molecule has 1 N–H and O–H groups in total. The van der Waals surface area contributed by atoms with Gasteiger partial charge in [0.25, 0.3) is 0 Å². The summed E-state index contributed by atoms with van der Waals surface area (Å²) in [5, 5.41) is 3.70. The number of anilines is 2. The molecule has 1 aromatic rings. The Balaban J connectivity index is 1.95. The maximum absolute atomic E-state index is 3.70. The monoisotopic (exact) mass is 260 g/mol. The third-order valence-corrected chi connectivity index (χ3v) is 3.99. The molecular weight excluding hydrogens is 232 g/mol. The van der Waals surface area contributed by atoms with Gasteiger partial charge < -0.3 is 10.2 Å². The molecule has 0 aromatic heterocycles. The SMILES string of the molecule is CCCCCC(C)Nc1ccccc1N1CCCC1. The molecule has 0 radical (unpaired) electrons. The molecule has 1 aliphatic rings. The first-order valence-electron chi connectivity index (χ1n) is 7.91. The molecule has 2 rings (SSSR count). The summed E-state index contributed by atoms with van der Waals surface area (Å²) in [6.45, 7) is 6.99. The number of benzene rings is 1. The van der Waals surface area contributed by atoms with Crippen LogP contribution in [0.1, 0.15) is 52.4 Å². The third kappa shape index (κ3) is 4.15. The summed E-state index contributed by atoms with van der Waals surface area (Å²) in [4.78, 5) is 2.51. The lowest BCUT2D eigenvalue weighted by atomic mass is 10.1. The molecule has 1 unspecified atom stereocenters. The van der Waals surface area contributed by atoms with Crippen LogP contribution >= 0.6 is 0 Å². The predicted molar refractivity (Wildman–Crippen MR) is 85.1 cm³/mol. The normalized spacial score (nSPS) is 16.6. The number of para-hydroxylation sites is 2. The first kappa shape index (κ1) is 14.2. The summed E-state index contributed by atoms with van der Waals surface area (Å²) in [6, 6.07) is 9.34. The lowest BCUT2D eigenvalue weighted by Gasteiger charge is -2.24. The van der Waals surface area contributed by atoms with E-state index in [9.17, 15) is 0 Å². The second-order valence-electron chi connectivity index (χ2n) is 5.75. The van der Waals surface area contributed by atoms with Crippen LogP contribution in [-0.2, 0) is 0 Å². The van der Waals surface area contributed by atoms with Crippen LogP contribution in [0.5, 0.6) is 0 Å². The van der Waals surface area contributed by atoms with Crippen LogP contribution in [0, 0.1) is 0 Å². The van der Waals surface area contributed by atoms with E-state index in [4.69, 9.17) is 0 Å². The van der Waals surface area contributed by atoms with E-state index in [1.54, 1.807) is 0 Å². The fraction of sp³-hybridized carbons (Fsp3) is 0.647. The van der Waals surface area contributed by atoms with Gasteiger partial charge in [0.15, 0.2) is 0 Å². The molecule has 2 heteroatoms. The van der Waals surface area contributed by atoms with Crippen molar-refractivity contribution in [3.63, 3.8) is 0 Å². The second-order valence-corrected chi connectivity index (χ2v) is 5.75. The van der Waals surface area contributed by atoms with Gasteiger partial charge in [0.2, 0.25) is 0 Å². The van der Waals surface area contributed by atoms with E-state index in [-0.39, 0.29) is 0 Å². The Bertz CT molecular complexity index is 369. The highest BCUT2D eigenvalue weighted by molar-refractivity contribution is 5.70. The Morgan fingerprint density at radius 2 is 1.89 bits per heavy atom. The Kier molecular flexibility index (Phi) is 5.56. The number of hydrogen-bond donors (Lipinski definition) is 1. The average Bonchev–Trinajstić information content (AvgIpc) is 2.93. The molecule has 2 nitrogen and oxygen atoms in total. The molecule has 1 aliphatic heterocycles. The quantitative estimate of drug-likeness (QED) is 0.717. The highest BCUT2D eigenvalue weighted by Crippen LogP contribution is 2.29. The fourth-order valence-electron chi connectivity index (χ4n) is 2.87. The minimum atomic E-state index is 0.565. The van der Waals surface area contributed by atoms with Crippen molar-refractivity contribution in [3.8, 4) is 0 Å². The molecule has 1 saturated heterocycles. The zero-order valence-electron chi connectivity index (χ0n) is 12.5. The van der Waals surface area contributed by atoms with E-state index >= 15 is 0 Å². The number of nitrogens with zero attached hydrogens (tertiary/aromatic N) is 1. The molecule has 106 valence electrons. The van der Waals surface area contributed by atoms with Gasteiger partial charge in [-0.3, -0.25) is 0 Å². The topological polar surface area (TPSA) is 15.3 Å². The van der Waals surface area contributed by atoms with Gasteiger partial charge in [-0.1, -0.05) is 38.3 Å². The molecule has 1 heterocycles. The van der Waals surface area contributed by atoms with Gasteiger partial charge >= 0.3 is 0 Å². The smallest absolute Gasteiger partial charge is 0.0602 e. The van der Waals surface area contributed by atoms with Crippen molar-refractivity contribution in [2.75, 3.05) is 23.3 Å². The van der Waals surface area contributed by atoms with Crippen LogP contribution in [-0.4, -0.2) is 19.1 Å². The standard InChI is InChI=1S/C17H28N2/c1-3-4-5-10-15(2)18-16-11-6-7-12-17(16)19-13-8-9-14-19/h6-7,11-12,15,18H,3-5,8-10,13-14H2,1-2H3. The lowest BCUT2D eigenvalue weighted by Crippen LogP contribution is -2.22. The van der Waals surface area contributed by atoms with Crippen LogP contribution < -0.4 is 10.2 Å². The van der Waals surface area contributed by atoms with Crippen molar-refractivity contribution in [3.05, 3.63) is 24.3 Å². The van der Waals surface area contributed by atoms with E-state index < -0.39 is 0 Å². The van der Waals surface area contributed by atoms with Gasteiger partial charge in [-0.15, -0.1) is 0 Å². The van der Waals surface area contributed by atoms with E-state index in [0.717, 1.165) is 0 Å². The third-order valence-electron chi connectivity index (χ3n) is 3.99.